The van der Waals surface area contributed by atoms with E-state index in [1.165, 1.54) is 25.7 Å². The molecule has 1 fully saturated rings. The SMILES string of the molecule is Cc1cccc(C(=N)/C(Br)=C\NC2CCCC2)n1. The van der Waals surface area contributed by atoms with E-state index >= 15 is 0 Å². The molecule has 0 aliphatic heterocycles. The molecular weight excluding hydrogens is 290 g/mol. The lowest BCUT2D eigenvalue weighted by molar-refractivity contribution is 0.607. The van der Waals surface area contributed by atoms with Crippen molar-refractivity contribution < 1.29 is 0 Å². The Bertz CT molecular complexity index is 462. The zero-order valence-electron chi connectivity index (χ0n) is 10.5. The van der Waals surface area contributed by atoms with Gasteiger partial charge in [-0.1, -0.05) is 18.9 Å². The predicted octanol–water partition coefficient (Wildman–Crippen LogP) is 3.53. The highest BCUT2D eigenvalue weighted by atomic mass is 79.9. The average molecular weight is 308 g/mol. The molecule has 18 heavy (non-hydrogen) atoms. The van der Waals surface area contributed by atoms with E-state index in [0.717, 1.165) is 10.2 Å². The molecule has 0 unspecified atom stereocenters. The zero-order valence-corrected chi connectivity index (χ0v) is 12.1. The molecule has 1 aromatic heterocycles. The van der Waals surface area contributed by atoms with Gasteiger partial charge in [-0.15, -0.1) is 0 Å². The van der Waals surface area contributed by atoms with Gasteiger partial charge in [-0.2, -0.15) is 0 Å². The fourth-order valence-electron chi connectivity index (χ4n) is 2.16. The third-order valence-electron chi connectivity index (χ3n) is 3.18. The van der Waals surface area contributed by atoms with E-state index in [2.05, 4.69) is 26.2 Å². The molecule has 0 atom stereocenters. The number of rotatable bonds is 4. The molecule has 1 aliphatic rings. The fraction of sp³-hybridized carbons (Fsp3) is 0.429. The normalized spacial score (nSPS) is 16.9. The van der Waals surface area contributed by atoms with Crippen LogP contribution in [0.1, 0.15) is 37.1 Å². The van der Waals surface area contributed by atoms with E-state index in [-0.39, 0.29) is 0 Å². The van der Waals surface area contributed by atoms with Crippen molar-refractivity contribution in [3.05, 3.63) is 40.3 Å². The summed E-state index contributed by atoms with van der Waals surface area (Å²) < 4.78 is 0.757. The first-order valence-corrected chi connectivity index (χ1v) is 7.11. The van der Waals surface area contributed by atoms with Crippen molar-refractivity contribution in [1.82, 2.24) is 10.3 Å². The molecule has 2 rings (SSSR count). The molecule has 3 nitrogen and oxygen atoms in total. The van der Waals surface area contributed by atoms with E-state index in [0.29, 0.717) is 17.4 Å². The van der Waals surface area contributed by atoms with Crippen LogP contribution in [-0.4, -0.2) is 16.7 Å². The van der Waals surface area contributed by atoms with Crippen LogP contribution in [0, 0.1) is 12.3 Å². The molecule has 0 radical (unpaired) electrons. The van der Waals surface area contributed by atoms with Gasteiger partial charge in [0.1, 0.15) is 0 Å². The molecule has 0 spiro atoms. The van der Waals surface area contributed by atoms with Gasteiger partial charge in [0.15, 0.2) is 0 Å². The monoisotopic (exact) mass is 307 g/mol. The highest BCUT2D eigenvalue weighted by Crippen LogP contribution is 2.19. The molecule has 0 bridgehead atoms. The Kier molecular flexibility index (Phi) is 4.53. The summed E-state index contributed by atoms with van der Waals surface area (Å²) in [5.41, 5.74) is 2.05. The molecule has 0 aromatic carbocycles. The molecule has 0 amide bonds. The standard InChI is InChI=1S/C14H18BrN3/c1-10-5-4-8-13(18-10)14(16)12(15)9-17-11-6-2-3-7-11/h4-5,8-9,11,16-17H,2-3,6-7H2,1H3/b12-9+,16-14?. The molecule has 4 heteroatoms. The minimum atomic E-state index is 0.421. The van der Waals surface area contributed by atoms with Gasteiger partial charge < -0.3 is 5.32 Å². The molecule has 0 saturated heterocycles. The van der Waals surface area contributed by atoms with Crippen LogP contribution in [0.25, 0.3) is 0 Å². The van der Waals surface area contributed by atoms with Crippen molar-refractivity contribution in [2.24, 2.45) is 0 Å². The Morgan fingerprint density at radius 3 is 2.83 bits per heavy atom. The Morgan fingerprint density at radius 2 is 2.17 bits per heavy atom. The third-order valence-corrected chi connectivity index (χ3v) is 3.81. The lowest BCUT2D eigenvalue weighted by Gasteiger charge is -2.10. The lowest BCUT2D eigenvalue weighted by Crippen LogP contribution is -2.21. The van der Waals surface area contributed by atoms with Crippen molar-refractivity contribution in [3.63, 3.8) is 0 Å². The van der Waals surface area contributed by atoms with E-state index in [1.54, 1.807) is 0 Å². The Hall–Kier alpha value is -1.16. The third kappa shape index (κ3) is 3.42. The molecule has 1 heterocycles. The van der Waals surface area contributed by atoms with E-state index in [9.17, 15) is 0 Å². The van der Waals surface area contributed by atoms with Crippen LogP contribution in [0.2, 0.25) is 0 Å². The summed E-state index contributed by atoms with van der Waals surface area (Å²) >= 11 is 3.45. The highest BCUT2D eigenvalue weighted by Gasteiger charge is 2.13. The maximum absolute atomic E-state index is 8.09. The Morgan fingerprint density at radius 1 is 1.44 bits per heavy atom. The van der Waals surface area contributed by atoms with Crippen molar-refractivity contribution in [1.29, 1.82) is 5.41 Å². The quantitative estimate of drug-likeness (QED) is 0.836. The van der Waals surface area contributed by atoms with Gasteiger partial charge in [0.05, 0.1) is 15.9 Å². The summed E-state index contributed by atoms with van der Waals surface area (Å²) in [6.07, 6.45) is 6.96. The maximum atomic E-state index is 8.09. The Labute approximate surface area is 116 Å². The van der Waals surface area contributed by atoms with E-state index in [4.69, 9.17) is 5.41 Å². The topological polar surface area (TPSA) is 48.8 Å². The molecule has 96 valence electrons. The Balaban J connectivity index is 2.01. The minimum Gasteiger partial charge on any atom is -0.387 e. The summed E-state index contributed by atoms with van der Waals surface area (Å²) in [6, 6.07) is 6.29. The smallest absolute Gasteiger partial charge is 0.0953 e. The van der Waals surface area contributed by atoms with Crippen molar-refractivity contribution in [2.75, 3.05) is 0 Å². The van der Waals surface area contributed by atoms with E-state index < -0.39 is 0 Å². The highest BCUT2D eigenvalue weighted by molar-refractivity contribution is 9.12. The van der Waals surface area contributed by atoms with E-state index in [1.807, 2.05) is 31.3 Å². The van der Waals surface area contributed by atoms with Crippen LogP contribution in [-0.2, 0) is 0 Å². The van der Waals surface area contributed by atoms with Gasteiger partial charge in [-0.05, 0) is 47.8 Å². The van der Waals surface area contributed by atoms with Gasteiger partial charge in [-0.3, -0.25) is 10.4 Å². The summed E-state index contributed by atoms with van der Waals surface area (Å²) in [5, 5.41) is 11.5. The van der Waals surface area contributed by atoms with Crippen LogP contribution < -0.4 is 5.32 Å². The summed E-state index contributed by atoms with van der Waals surface area (Å²) in [4.78, 5) is 4.35. The maximum Gasteiger partial charge on any atom is 0.0953 e. The average Bonchev–Trinajstić information content (AvgIpc) is 2.88. The van der Waals surface area contributed by atoms with Gasteiger partial charge >= 0.3 is 0 Å². The first-order valence-electron chi connectivity index (χ1n) is 6.31. The first-order chi connectivity index (χ1) is 8.66. The molecule has 1 saturated carbocycles. The van der Waals surface area contributed by atoms with Crippen molar-refractivity contribution in [3.8, 4) is 0 Å². The second-order valence-corrected chi connectivity index (χ2v) is 5.53. The fourth-order valence-corrected chi connectivity index (χ4v) is 2.50. The van der Waals surface area contributed by atoms with Crippen LogP contribution in [0.3, 0.4) is 0 Å². The summed E-state index contributed by atoms with van der Waals surface area (Å²) in [5.74, 6) is 0. The number of hydrogen-bond acceptors (Lipinski definition) is 3. The minimum absolute atomic E-state index is 0.421. The first kappa shape index (κ1) is 13.3. The molecule has 1 aromatic rings. The summed E-state index contributed by atoms with van der Waals surface area (Å²) in [7, 11) is 0. The van der Waals surface area contributed by atoms with Crippen molar-refractivity contribution in [2.45, 2.75) is 38.6 Å². The molecule has 1 aliphatic carbocycles. The number of nitrogens with one attached hydrogen (secondary N) is 2. The van der Waals surface area contributed by atoms with Crippen LogP contribution in [0.15, 0.2) is 28.9 Å². The number of aromatic nitrogens is 1. The van der Waals surface area contributed by atoms with Crippen LogP contribution in [0.5, 0.6) is 0 Å². The largest absolute Gasteiger partial charge is 0.387 e. The van der Waals surface area contributed by atoms with Crippen molar-refractivity contribution >= 4 is 21.6 Å². The number of pyridine rings is 1. The van der Waals surface area contributed by atoms with Gasteiger partial charge in [-0.25, -0.2) is 0 Å². The predicted molar refractivity (Wildman–Crippen MR) is 78.2 cm³/mol. The molecular formula is C14H18BrN3. The lowest BCUT2D eigenvalue weighted by atomic mass is 10.2. The van der Waals surface area contributed by atoms with Gasteiger partial charge in [0, 0.05) is 17.9 Å². The van der Waals surface area contributed by atoms with Gasteiger partial charge in [0.2, 0.25) is 0 Å². The zero-order chi connectivity index (χ0) is 13.0. The number of hydrogen-bond donors (Lipinski definition) is 2. The van der Waals surface area contributed by atoms with Crippen LogP contribution >= 0.6 is 15.9 Å². The number of nitrogens with zero attached hydrogens (tertiary/aromatic N) is 1. The second kappa shape index (κ2) is 6.14. The molecule has 2 N–H and O–H groups in total. The number of halogens is 1. The summed E-state index contributed by atoms with van der Waals surface area (Å²) in [6.45, 7) is 1.94. The van der Waals surface area contributed by atoms with Gasteiger partial charge in [0.25, 0.3) is 0 Å². The van der Waals surface area contributed by atoms with Crippen LogP contribution in [0.4, 0.5) is 0 Å². The second-order valence-electron chi connectivity index (χ2n) is 4.68. The number of aryl methyl sites for hydroxylation is 1. The number of allylic oxidation sites excluding steroid dienone is 1.